The Kier molecular flexibility index (Phi) is 3.22. The first-order valence-electron chi connectivity index (χ1n) is 6.22. The second kappa shape index (κ2) is 4.89. The number of H-pyrrole nitrogens is 1. The Hall–Kier alpha value is -1.49. The summed E-state index contributed by atoms with van der Waals surface area (Å²) in [5, 5.41) is 6.56. The Morgan fingerprint density at radius 2 is 1.89 bits per heavy atom. The Balaban J connectivity index is 1.96. The topological polar surface area (TPSA) is 41.6 Å². The van der Waals surface area contributed by atoms with Crippen molar-refractivity contribution in [3.8, 4) is 11.4 Å². The average molecular weight is 284 g/mol. The Morgan fingerprint density at radius 3 is 2.63 bits per heavy atom. The zero-order chi connectivity index (χ0) is 13.4. The fraction of sp³-hybridized carbons (Fsp3) is 0.385. The van der Waals surface area contributed by atoms with Gasteiger partial charge < -0.3 is 0 Å². The smallest absolute Gasteiger partial charge is 0.184 e. The minimum atomic E-state index is -0.676. The second-order valence-electron chi connectivity index (χ2n) is 4.77. The average Bonchev–Trinajstić information content (AvgIpc) is 3.03. The van der Waals surface area contributed by atoms with Gasteiger partial charge in [-0.15, -0.1) is 0 Å². The molecule has 1 N–H and O–H groups in total. The summed E-state index contributed by atoms with van der Waals surface area (Å²) in [7, 11) is 0. The van der Waals surface area contributed by atoms with Gasteiger partial charge in [-0.05, 0) is 25.0 Å². The van der Waals surface area contributed by atoms with E-state index in [1.807, 2.05) is 0 Å². The number of nitrogens with one attached hydrogen (secondary N) is 1. The molecule has 100 valence electrons. The van der Waals surface area contributed by atoms with Crippen LogP contribution in [0, 0.1) is 11.6 Å². The largest absolute Gasteiger partial charge is 0.262 e. The number of aromatic nitrogens is 3. The van der Waals surface area contributed by atoms with Crippen LogP contribution in [0.3, 0.4) is 0 Å². The van der Waals surface area contributed by atoms with E-state index in [-0.39, 0.29) is 16.4 Å². The molecule has 3 rings (SSSR count). The molecule has 0 unspecified atom stereocenters. The summed E-state index contributed by atoms with van der Waals surface area (Å²) in [5.41, 5.74) is 0.0300. The van der Waals surface area contributed by atoms with Crippen LogP contribution in [-0.4, -0.2) is 15.2 Å². The quantitative estimate of drug-likeness (QED) is 0.845. The van der Waals surface area contributed by atoms with Crippen molar-refractivity contribution in [3.05, 3.63) is 34.6 Å². The summed E-state index contributed by atoms with van der Waals surface area (Å²) in [6, 6.07) is 1.97. The molecule has 1 heterocycles. The van der Waals surface area contributed by atoms with Gasteiger partial charge in [0.05, 0.1) is 10.6 Å². The maximum Gasteiger partial charge on any atom is 0.184 e. The van der Waals surface area contributed by atoms with Gasteiger partial charge in [0.25, 0.3) is 0 Å². The van der Waals surface area contributed by atoms with Crippen molar-refractivity contribution >= 4 is 11.6 Å². The molecular formula is C13H12ClF2N3. The molecule has 1 fully saturated rings. The van der Waals surface area contributed by atoms with Crippen molar-refractivity contribution in [2.45, 2.75) is 31.6 Å². The second-order valence-corrected chi connectivity index (χ2v) is 5.18. The van der Waals surface area contributed by atoms with Gasteiger partial charge in [-0.3, -0.25) is 5.10 Å². The highest BCUT2D eigenvalue weighted by Gasteiger charge is 2.22. The minimum Gasteiger partial charge on any atom is -0.262 e. The van der Waals surface area contributed by atoms with Crippen LogP contribution in [0.5, 0.6) is 0 Å². The molecule has 6 heteroatoms. The third-order valence-electron chi connectivity index (χ3n) is 3.50. The van der Waals surface area contributed by atoms with Crippen molar-refractivity contribution in [2.24, 2.45) is 0 Å². The monoisotopic (exact) mass is 283 g/mol. The van der Waals surface area contributed by atoms with Crippen molar-refractivity contribution in [2.75, 3.05) is 0 Å². The number of rotatable bonds is 2. The van der Waals surface area contributed by atoms with E-state index in [1.54, 1.807) is 0 Å². The molecule has 0 aliphatic heterocycles. The lowest BCUT2D eigenvalue weighted by molar-refractivity contribution is 0.602. The van der Waals surface area contributed by atoms with Crippen LogP contribution in [0.15, 0.2) is 12.1 Å². The molecule has 1 aromatic carbocycles. The van der Waals surface area contributed by atoms with Gasteiger partial charge in [-0.1, -0.05) is 24.4 Å². The summed E-state index contributed by atoms with van der Waals surface area (Å²) in [4.78, 5) is 4.28. The van der Waals surface area contributed by atoms with Crippen LogP contribution >= 0.6 is 11.6 Å². The highest BCUT2D eigenvalue weighted by Crippen LogP contribution is 2.33. The predicted octanol–water partition coefficient (Wildman–Crippen LogP) is 4.06. The molecule has 1 saturated carbocycles. The van der Waals surface area contributed by atoms with E-state index in [2.05, 4.69) is 15.2 Å². The summed E-state index contributed by atoms with van der Waals surface area (Å²) in [5.74, 6) is -0.0210. The normalized spacial score (nSPS) is 16.2. The van der Waals surface area contributed by atoms with Crippen molar-refractivity contribution in [3.63, 3.8) is 0 Å². The van der Waals surface area contributed by atoms with Gasteiger partial charge in [-0.2, -0.15) is 5.10 Å². The number of hydrogen-bond acceptors (Lipinski definition) is 2. The predicted molar refractivity (Wildman–Crippen MR) is 68.0 cm³/mol. The van der Waals surface area contributed by atoms with Gasteiger partial charge >= 0.3 is 0 Å². The number of nitrogens with zero attached hydrogens (tertiary/aromatic N) is 2. The third kappa shape index (κ3) is 2.34. The van der Waals surface area contributed by atoms with Gasteiger partial charge in [0.1, 0.15) is 17.5 Å². The van der Waals surface area contributed by atoms with Crippen molar-refractivity contribution < 1.29 is 8.78 Å². The van der Waals surface area contributed by atoms with Crippen LogP contribution in [-0.2, 0) is 0 Å². The van der Waals surface area contributed by atoms with E-state index in [9.17, 15) is 8.78 Å². The van der Waals surface area contributed by atoms with Crippen LogP contribution in [0.2, 0.25) is 5.02 Å². The van der Waals surface area contributed by atoms with E-state index in [1.165, 1.54) is 12.8 Å². The standard InChI is InChI=1S/C13H12ClF2N3/c14-9-6-10(15)8(5-11(9)16)13-17-12(18-19-13)7-3-1-2-4-7/h5-7H,1-4H2,(H,17,18,19). The number of aromatic amines is 1. The SMILES string of the molecule is Fc1cc(-c2n[nH]c(C3CCCC3)n2)c(F)cc1Cl. The number of halogens is 3. The summed E-state index contributed by atoms with van der Waals surface area (Å²) in [6.45, 7) is 0. The van der Waals surface area contributed by atoms with Gasteiger partial charge in [-0.25, -0.2) is 13.8 Å². The summed E-state index contributed by atoms with van der Waals surface area (Å²) < 4.78 is 27.1. The van der Waals surface area contributed by atoms with Crippen LogP contribution in [0.1, 0.15) is 37.4 Å². The fourth-order valence-electron chi connectivity index (χ4n) is 2.47. The molecule has 3 nitrogen and oxygen atoms in total. The molecule has 0 amide bonds. The molecule has 19 heavy (non-hydrogen) atoms. The van der Waals surface area contributed by atoms with Gasteiger partial charge in [0.2, 0.25) is 0 Å². The lowest BCUT2D eigenvalue weighted by atomic mass is 10.1. The zero-order valence-corrected chi connectivity index (χ0v) is 10.8. The first-order valence-corrected chi connectivity index (χ1v) is 6.60. The Labute approximate surface area is 114 Å². The molecule has 0 spiro atoms. The molecule has 0 atom stereocenters. The Morgan fingerprint density at radius 1 is 1.16 bits per heavy atom. The van der Waals surface area contributed by atoms with E-state index < -0.39 is 11.6 Å². The molecule has 0 bridgehead atoms. The molecule has 1 aliphatic rings. The van der Waals surface area contributed by atoms with E-state index in [4.69, 9.17) is 11.6 Å². The first-order chi connectivity index (χ1) is 9.15. The minimum absolute atomic E-state index is 0.0300. The molecule has 0 radical (unpaired) electrons. The number of hydrogen-bond donors (Lipinski definition) is 1. The maximum atomic E-state index is 13.8. The van der Waals surface area contributed by atoms with Crippen LogP contribution in [0.25, 0.3) is 11.4 Å². The van der Waals surface area contributed by atoms with Gasteiger partial charge in [0, 0.05) is 5.92 Å². The molecule has 1 aromatic heterocycles. The Bertz CT molecular complexity index is 606. The highest BCUT2D eigenvalue weighted by molar-refractivity contribution is 6.30. The fourth-order valence-corrected chi connectivity index (χ4v) is 2.62. The lowest BCUT2D eigenvalue weighted by Gasteiger charge is -2.02. The molecule has 1 aliphatic carbocycles. The van der Waals surface area contributed by atoms with Crippen LogP contribution in [0.4, 0.5) is 8.78 Å². The molecular weight excluding hydrogens is 272 g/mol. The van der Waals surface area contributed by atoms with Crippen molar-refractivity contribution in [1.29, 1.82) is 0 Å². The molecule has 0 saturated heterocycles. The zero-order valence-electron chi connectivity index (χ0n) is 10.1. The lowest BCUT2D eigenvalue weighted by Crippen LogP contribution is -1.95. The number of benzene rings is 1. The van der Waals surface area contributed by atoms with E-state index >= 15 is 0 Å². The summed E-state index contributed by atoms with van der Waals surface area (Å²) in [6.07, 6.45) is 4.47. The van der Waals surface area contributed by atoms with Gasteiger partial charge in [0.15, 0.2) is 5.82 Å². The highest BCUT2D eigenvalue weighted by atomic mass is 35.5. The third-order valence-corrected chi connectivity index (χ3v) is 3.79. The summed E-state index contributed by atoms with van der Waals surface area (Å²) >= 11 is 5.52. The van der Waals surface area contributed by atoms with E-state index in [0.717, 1.165) is 30.8 Å². The molecule has 2 aromatic rings. The maximum absolute atomic E-state index is 13.8. The van der Waals surface area contributed by atoms with E-state index in [0.29, 0.717) is 5.92 Å². The van der Waals surface area contributed by atoms with Crippen LogP contribution < -0.4 is 0 Å². The van der Waals surface area contributed by atoms with Crippen molar-refractivity contribution in [1.82, 2.24) is 15.2 Å². The first kappa shape index (κ1) is 12.5.